The van der Waals surface area contributed by atoms with Crippen molar-refractivity contribution in [1.82, 2.24) is 0 Å². The van der Waals surface area contributed by atoms with E-state index in [-0.39, 0.29) is 13.2 Å². The minimum Gasteiger partial charge on any atom is -0.374 e. The smallest absolute Gasteiger partial charge is 0.359 e. The van der Waals surface area contributed by atoms with E-state index in [1.165, 1.54) is 0 Å². The topological polar surface area (TPSA) is 55.8 Å². The van der Waals surface area contributed by atoms with E-state index in [4.69, 9.17) is 9.26 Å². The van der Waals surface area contributed by atoms with E-state index in [0.29, 0.717) is 17.5 Å². The molecule has 0 spiro atoms. The van der Waals surface area contributed by atoms with Gasteiger partial charge in [0.2, 0.25) is 0 Å². The summed E-state index contributed by atoms with van der Waals surface area (Å²) in [6.45, 7) is 0.733. The summed E-state index contributed by atoms with van der Waals surface area (Å²) in [6, 6.07) is 26.3. The molecule has 1 unspecified atom stereocenters. The first-order valence-corrected chi connectivity index (χ1v) is 9.98. The molecule has 0 aliphatic carbocycles. The first-order chi connectivity index (χ1) is 12.7. The third-order valence-electron chi connectivity index (χ3n) is 3.90. The van der Waals surface area contributed by atoms with Crippen LogP contribution in [0.2, 0.25) is 0 Å². The van der Waals surface area contributed by atoms with E-state index in [1.54, 1.807) is 12.1 Å². The fraction of sp³-hybridized carbons (Fsp3) is 0.143. The SMILES string of the molecule is O=P(O)(OCCOCc1ccccc1)c1ccccc1-c1ccccc1. The van der Waals surface area contributed by atoms with Gasteiger partial charge in [0.15, 0.2) is 0 Å². The Labute approximate surface area is 153 Å². The van der Waals surface area contributed by atoms with E-state index in [9.17, 15) is 9.46 Å². The lowest BCUT2D eigenvalue weighted by atomic mass is 10.1. The van der Waals surface area contributed by atoms with Crippen LogP contribution in [0.4, 0.5) is 0 Å². The van der Waals surface area contributed by atoms with Crippen LogP contribution < -0.4 is 5.30 Å². The minimum absolute atomic E-state index is 0.0454. The molecule has 0 saturated carbocycles. The van der Waals surface area contributed by atoms with Gasteiger partial charge in [0.1, 0.15) is 0 Å². The van der Waals surface area contributed by atoms with Gasteiger partial charge in [-0.1, -0.05) is 78.9 Å². The second-order valence-electron chi connectivity index (χ2n) is 5.77. The summed E-state index contributed by atoms with van der Waals surface area (Å²) in [6.07, 6.45) is 0. The second kappa shape index (κ2) is 8.93. The molecule has 0 saturated heterocycles. The molecule has 0 aromatic heterocycles. The lowest BCUT2D eigenvalue weighted by molar-refractivity contribution is 0.0859. The molecule has 0 aliphatic heterocycles. The number of hydrogen-bond donors (Lipinski definition) is 1. The third-order valence-corrected chi connectivity index (χ3v) is 5.43. The van der Waals surface area contributed by atoms with Gasteiger partial charge in [-0.3, -0.25) is 4.57 Å². The summed E-state index contributed by atoms with van der Waals surface area (Å²) in [7, 11) is -3.94. The molecular formula is C21H21O4P. The summed E-state index contributed by atoms with van der Waals surface area (Å²) < 4.78 is 23.5. The molecule has 134 valence electrons. The van der Waals surface area contributed by atoms with E-state index in [1.807, 2.05) is 72.8 Å². The maximum absolute atomic E-state index is 12.7. The lowest BCUT2D eigenvalue weighted by Gasteiger charge is -2.16. The van der Waals surface area contributed by atoms with Gasteiger partial charge in [0, 0.05) is 0 Å². The molecule has 5 heteroatoms. The first-order valence-electron chi connectivity index (χ1n) is 8.41. The fourth-order valence-corrected chi connectivity index (χ4v) is 3.88. The van der Waals surface area contributed by atoms with Gasteiger partial charge in [-0.2, -0.15) is 0 Å². The molecule has 3 aromatic rings. The van der Waals surface area contributed by atoms with Crippen LogP contribution in [0, 0.1) is 0 Å². The van der Waals surface area contributed by atoms with Crippen LogP contribution >= 0.6 is 7.60 Å². The molecule has 0 bridgehead atoms. The van der Waals surface area contributed by atoms with Crippen LogP contribution in [0.25, 0.3) is 11.1 Å². The van der Waals surface area contributed by atoms with Crippen molar-refractivity contribution >= 4 is 12.9 Å². The first kappa shape index (κ1) is 18.6. The molecular weight excluding hydrogens is 347 g/mol. The summed E-state index contributed by atoms with van der Waals surface area (Å²) in [4.78, 5) is 10.4. The van der Waals surface area contributed by atoms with Crippen molar-refractivity contribution in [2.45, 2.75) is 6.61 Å². The van der Waals surface area contributed by atoms with E-state index < -0.39 is 7.60 Å². The molecule has 0 radical (unpaired) electrons. The third kappa shape index (κ3) is 4.90. The molecule has 1 atom stereocenters. The van der Waals surface area contributed by atoms with Crippen LogP contribution in [0.15, 0.2) is 84.9 Å². The number of benzene rings is 3. The lowest BCUT2D eigenvalue weighted by Crippen LogP contribution is -2.13. The minimum atomic E-state index is -3.94. The average Bonchev–Trinajstić information content (AvgIpc) is 2.69. The highest BCUT2D eigenvalue weighted by molar-refractivity contribution is 7.61. The van der Waals surface area contributed by atoms with Crippen molar-refractivity contribution in [2.75, 3.05) is 13.2 Å². The monoisotopic (exact) mass is 368 g/mol. The zero-order valence-electron chi connectivity index (χ0n) is 14.3. The van der Waals surface area contributed by atoms with Gasteiger partial charge in [-0.15, -0.1) is 0 Å². The Balaban J connectivity index is 1.61. The largest absolute Gasteiger partial charge is 0.374 e. The Kier molecular flexibility index (Phi) is 6.37. The van der Waals surface area contributed by atoms with Gasteiger partial charge in [0.25, 0.3) is 0 Å². The summed E-state index contributed by atoms with van der Waals surface area (Å²) in [5, 5.41) is 0.300. The van der Waals surface area contributed by atoms with Crippen LogP contribution in [-0.2, 0) is 20.4 Å². The van der Waals surface area contributed by atoms with Crippen LogP contribution in [0.5, 0.6) is 0 Å². The van der Waals surface area contributed by atoms with Gasteiger partial charge in [-0.25, -0.2) is 0 Å². The average molecular weight is 368 g/mol. The molecule has 0 amide bonds. The van der Waals surface area contributed by atoms with Crippen molar-refractivity contribution in [3.05, 3.63) is 90.5 Å². The van der Waals surface area contributed by atoms with Crippen molar-refractivity contribution in [3.8, 4) is 11.1 Å². The maximum Gasteiger partial charge on any atom is 0.359 e. The van der Waals surface area contributed by atoms with Crippen LogP contribution in [0.1, 0.15) is 5.56 Å². The van der Waals surface area contributed by atoms with Gasteiger partial charge in [0.05, 0.1) is 25.1 Å². The Morgan fingerprint density at radius 3 is 2.12 bits per heavy atom. The highest BCUT2D eigenvalue weighted by atomic mass is 31.2. The highest BCUT2D eigenvalue weighted by Gasteiger charge is 2.26. The van der Waals surface area contributed by atoms with Crippen LogP contribution in [-0.4, -0.2) is 18.1 Å². The predicted molar refractivity (Wildman–Crippen MR) is 103 cm³/mol. The quantitative estimate of drug-likeness (QED) is 0.473. The molecule has 1 N–H and O–H groups in total. The van der Waals surface area contributed by atoms with Crippen LogP contribution in [0.3, 0.4) is 0 Å². The number of hydrogen-bond acceptors (Lipinski definition) is 3. The number of rotatable bonds is 8. The molecule has 0 aliphatic rings. The zero-order chi connectivity index (χ0) is 18.2. The summed E-state index contributed by atoms with van der Waals surface area (Å²) in [5.41, 5.74) is 2.62. The Hall–Kier alpha value is -2.23. The normalized spacial score (nSPS) is 13.3. The number of ether oxygens (including phenoxy) is 1. The highest BCUT2D eigenvalue weighted by Crippen LogP contribution is 2.43. The fourth-order valence-electron chi connectivity index (χ4n) is 2.64. The predicted octanol–water partition coefficient (Wildman–Crippen LogP) is 4.40. The van der Waals surface area contributed by atoms with Gasteiger partial charge < -0.3 is 14.2 Å². The molecule has 26 heavy (non-hydrogen) atoms. The van der Waals surface area contributed by atoms with E-state index in [0.717, 1.165) is 11.1 Å². The van der Waals surface area contributed by atoms with Gasteiger partial charge in [-0.05, 0) is 22.8 Å². The molecule has 0 fully saturated rings. The van der Waals surface area contributed by atoms with E-state index >= 15 is 0 Å². The Bertz CT molecular complexity index is 865. The Morgan fingerprint density at radius 1 is 0.769 bits per heavy atom. The molecule has 3 rings (SSSR count). The summed E-state index contributed by atoms with van der Waals surface area (Å²) >= 11 is 0. The molecule has 3 aromatic carbocycles. The van der Waals surface area contributed by atoms with E-state index in [2.05, 4.69) is 0 Å². The van der Waals surface area contributed by atoms with Crippen molar-refractivity contribution in [1.29, 1.82) is 0 Å². The standard InChI is InChI=1S/C21H21O4P/c22-26(23,25-16-15-24-17-18-9-3-1-4-10-18)21-14-8-7-13-20(21)19-11-5-2-6-12-19/h1-14H,15-17H2,(H,22,23). The van der Waals surface area contributed by atoms with Crippen molar-refractivity contribution in [3.63, 3.8) is 0 Å². The molecule has 4 nitrogen and oxygen atoms in total. The van der Waals surface area contributed by atoms with Crippen molar-refractivity contribution < 1.29 is 18.7 Å². The zero-order valence-corrected chi connectivity index (χ0v) is 15.2. The van der Waals surface area contributed by atoms with Crippen molar-refractivity contribution in [2.24, 2.45) is 0 Å². The second-order valence-corrected chi connectivity index (χ2v) is 7.56. The molecule has 0 heterocycles. The Morgan fingerprint density at radius 2 is 1.38 bits per heavy atom. The maximum atomic E-state index is 12.7. The van der Waals surface area contributed by atoms with Gasteiger partial charge >= 0.3 is 7.60 Å². The summed E-state index contributed by atoms with van der Waals surface area (Å²) in [5.74, 6) is 0.